The number of hydrogen-bond donors (Lipinski definition) is 1. The molecule has 1 aliphatic heterocycles. The minimum absolute atomic E-state index is 0.0740. The Balaban J connectivity index is 2.30. The summed E-state index contributed by atoms with van der Waals surface area (Å²) in [7, 11) is 0. The van der Waals surface area contributed by atoms with Crippen molar-refractivity contribution < 1.29 is 9.13 Å². The molecule has 1 fully saturated rings. The summed E-state index contributed by atoms with van der Waals surface area (Å²) in [5.41, 5.74) is 7.94. The van der Waals surface area contributed by atoms with Crippen molar-refractivity contribution in [3.05, 3.63) is 35.1 Å². The predicted octanol–water partition coefficient (Wildman–Crippen LogP) is 3.19. The summed E-state index contributed by atoms with van der Waals surface area (Å²) in [6, 6.07) is 4.81. The lowest BCUT2D eigenvalue weighted by Crippen LogP contribution is -2.31. The standard InChI is InChI=1S/C15H22FNO/c1-8-5-6-13(16)12(7-8)15(17)14-9(2)10(3)18-11(14)4/h5-7,9-11,14-15H,17H2,1-4H3. The van der Waals surface area contributed by atoms with Crippen LogP contribution in [0.1, 0.15) is 37.9 Å². The second kappa shape index (κ2) is 4.98. The molecule has 3 heteroatoms. The molecule has 2 nitrogen and oxygen atoms in total. The summed E-state index contributed by atoms with van der Waals surface area (Å²) in [5, 5.41) is 0. The lowest BCUT2D eigenvalue weighted by atomic mass is 9.80. The fraction of sp³-hybridized carbons (Fsp3) is 0.600. The first-order chi connectivity index (χ1) is 8.41. The molecule has 0 aromatic heterocycles. The molecule has 1 aliphatic rings. The van der Waals surface area contributed by atoms with Gasteiger partial charge in [-0.3, -0.25) is 0 Å². The number of nitrogens with two attached hydrogens (primary N) is 1. The van der Waals surface area contributed by atoms with Crippen molar-refractivity contribution in [2.45, 2.75) is 45.9 Å². The molecule has 0 amide bonds. The van der Waals surface area contributed by atoms with E-state index in [0.29, 0.717) is 11.5 Å². The van der Waals surface area contributed by atoms with Gasteiger partial charge in [0.1, 0.15) is 5.82 Å². The fourth-order valence-corrected chi connectivity index (χ4v) is 3.04. The number of rotatable bonds is 2. The number of hydrogen-bond acceptors (Lipinski definition) is 2. The van der Waals surface area contributed by atoms with Gasteiger partial charge in [0.2, 0.25) is 0 Å². The molecular formula is C15H22FNO. The van der Waals surface area contributed by atoms with Crippen LogP contribution in [0.3, 0.4) is 0 Å². The van der Waals surface area contributed by atoms with Crippen molar-refractivity contribution in [3.8, 4) is 0 Å². The molecule has 0 saturated carbocycles. The highest BCUT2D eigenvalue weighted by Crippen LogP contribution is 2.40. The zero-order valence-corrected chi connectivity index (χ0v) is 11.5. The van der Waals surface area contributed by atoms with Gasteiger partial charge >= 0.3 is 0 Å². The maximum absolute atomic E-state index is 13.9. The Hall–Kier alpha value is -0.930. The molecule has 1 aromatic carbocycles. The van der Waals surface area contributed by atoms with E-state index in [-0.39, 0.29) is 30.0 Å². The molecule has 0 bridgehead atoms. The van der Waals surface area contributed by atoms with Crippen molar-refractivity contribution in [1.82, 2.24) is 0 Å². The molecule has 100 valence electrons. The Morgan fingerprint density at radius 3 is 2.44 bits per heavy atom. The van der Waals surface area contributed by atoms with Crippen molar-refractivity contribution in [3.63, 3.8) is 0 Å². The average molecular weight is 251 g/mol. The minimum atomic E-state index is -0.306. The first-order valence-corrected chi connectivity index (χ1v) is 6.59. The van der Waals surface area contributed by atoms with Crippen LogP contribution in [0.25, 0.3) is 0 Å². The van der Waals surface area contributed by atoms with Crippen LogP contribution in [-0.4, -0.2) is 12.2 Å². The third kappa shape index (κ3) is 2.29. The molecule has 1 heterocycles. The summed E-state index contributed by atoms with van der Waals surface area (Å²) < 4.78 is 19.7. The molecule has 0 aliphatic carbocycles. The van der Waals surface area contributed by atoms with Gasteiger partial charge < -0.3 is 10.5 Å². The number of benzene rings is 1. The molecule has 0 radical (unpaired) electrons. The molecule has 1 saturated heterocycles. The van der Waals surface area contributed by atoms with Gasteiger partial charge in [0, 0.05) is 17.5 Å². The van der Waals surface area contributed by atoms with Gasteiger partial charge in [0.15, 0.2) is 0 Å². The number of ether oxygens (including phenoxy) is 1. The largest absolute Gasteiger partial charge is 0.375 e. The van der Waals surface area contributed by atoms with E-state index < -0.39 is 0 Å². The summed E-state index contributed by atoms with van der Waals surface area (Å²) in [6.45, 7) is 8.17. The highest BCUT2D eigenvalue weighted by atomic mass is 19.1. The zero-order chi connectivity index (χ0) is 13.4. The number of aryl methyl sites for hydroxylation is 1. The molecular weight excluding hydrogens is 229 g/mol. The molecule has 1 aromatic rings. The Labute approximate surface area is 108 Å². The van der Waals surface area contributed by atoms with Gasteiger partial charge in [-0.25, -0.2) is 4.39 Å². The lowest BCUT2D eigenvalue weighted by Gasteiger charge is -2.26. The maximum atomic E-state index is 13.9. The van der Waals surface area contributed by atoms with Crippen molar-refractivity contribution in [1.29, 1.82) is 0 Å². The van der Waals surface area contributed by atoms with E-state index in [1.807, 2.05) is 19.9 Å². The predicted molar refractivity (Wildman–Crippen MR) is 70.7 cm³/mol. The summed E-state index contributed by atoms with van der Waals surface area (Å²) >= 11 is 0. The zero-order valence-electron chi connectivity index (χ0n) is 11.5. The Kier molecular flexibility index (Phi) is 3.74. The Morgan fingerprint density at radius 1 is 1.22 bits per heavy atom. The van der Waals surface area contributed by atoms with Crippen LogP contribution in [0.2, 0.25) is 0 Å². The molecule has 2 N–H and O–H groups in total. The molecule has 5 atom stereocenters. The van der Waals surface area contributed by atoms with Crippen LogP contribution in [0.5, 0.6) is 0 Å². The minimum Gasteiger partial charge on any atom is -0.375 e. The molecule has 5 unspecified atom stereocenters. The van der Waals surface area contributed by atoms with Gasteiger partial charge in [-0.05, 0) is 32.8 Å². The SMILES string of the molecule is Cc1ccc(F)c(C(N)C2C(C)OC(C)C2C)c1. The second-order valence-electron chi connectivity index (χ2n) is 5.53. The van der Waals surface area contributed by atoms with Crippen molar-refractivity contribution >= 4 is 0 Å². The molecule has 18 heavy (non-hydrogen) atoms. The van der Waals surface area contributed by atoms with E-state index in [9.17, 15) is 4.39 Å². The van der Waals surface area contributed by atoms with Crippen LogP contribution in [0.4, 0.5) is 4.39 Å². The van der Waals surface area contributed by atoms with Crippen molar-refractivity contribution in [2.24, 2.45) is 17.6 Å². The van der Waals surface area contributed by atoms with E-state index >= 15 is 0 Å². The van der Waals surface area contributed by atoms with Gasteiger partial charge in [-0.1, -0.05) is 24.6 Å². The third-order valence-electron chi connectivity index (χ3n) is 4.24. The summed E-state index contributed by atoms with van der Waals surface area (Å²) in [4.78, 5) is 0. The van der Waals surface area contributed by atoms with E-state index in [2.05, 4.69) is 13.8 Å². The fourth-order valence-electron chi connectivity index (χ4n) is 3.04. The summed E-state index contributed by atoms with van der Waals surface area (Å²) in [6.07, 6.45) is 0.258. The second-order valence-corrected chi connectivity index (χ2v) is 5.53. The van der Waals surface area contributed by atoms with Crippen LogP contribution in [0, 0.1) is 24.6 Å². The highest BCUT2D eigenvalue weighted by Gasteiger charge is 2.41. The van der Waals surface area contributed by atoms with Gasteiger partial charge in [0.05, 0.1) is 12.2 Å². The topological polar surface area (TPSA) is 35.2 Å². The van der Waals surface area contributed by atoms with Crippen LogP contribution in [-0.2, 0) is 4.74 Å². The first kappa shape index (κ1) is 13.5. The van der Waals surface area contributed by atoms with Gasteiger partial charge in [0.25, 0.3) is 0 Å². The van der Waals surface area contributed by atoms with Gasteiger partial charge in [-0.15, -0.1) is 0 Å². The maximum Gasteiger partial charge on any atom is 0.128 e. The van der Waals surface area contributed by atoms with E-state index in [1.165, 1.54) is 6.07 Å². The highest BCUT2D eigenvalue weighted by molar-refractivity contribution is 5.27. The monoisotopic (exact) mass is 251 g/mol. The van der Waals surface area contributed by atoms with Crippen LogP contribution >= 0.6 is 0 Å². The van der Waals surface area contributed by atoms with E-state index in [0.717, 1.165) is 5.56 Å². The Morgan fingerprint density at radius 2 is 1.89 bits per heavy atom. The third-order valence-corrected chi connectivity index (χ3v) is 4.24. The first-order valence-electron chi connectivity index (χ1n) is 6.59. The Bertz CT molecular complexity index is 435. The number of halogens is 1. The quantitative estimate of drug-likeness (QED) is 0.876. The lowest BCUT2D eigenvalue weighted by molar-refractivity contribution is 0.0488. The molecule has 0 spiro atoms. The van der Waals surface area contributed by atoms with Crippen molar-refractivity contribution in [2.75, 3.05) is 0 Å². The van der Waals surface area contributed by atoms with Crippen LogP contribution < -0.4 is 5.73 Å². The summed E-state index contributed by atoms with van der Waals surface area (Å²) in [5.74, 6) is 0.290. The van der Waals surface area contributed by atoms with Gasteiger partial charge in [-0.2, -0.15) is 0 Å². The van der Waals surface area contributed by atoms with E-state index in [1.54, 1.807) is 6.07 Å². The average Bonchev–Trinajstić information content (AvgIpc) is 2.56. The van der Waals surface area contributed by atoms with Crippen LogP contribution in [0.15, 0.2) is 18.2 Å². The molecule has 2 rings (SSSR count). The van der Waals surface area contributed by atoms with E-state index in [4.69, 9.17) is 10.5 Å². The normalized spacial score (nSPS) is 33.7. The smallest absolute Gasteiger partial charge is 0.128 e.